The summed E-state index contributed by atoms with van der Waals surface area (Å²) in [4.78, 5) is 0.220. The van der Waals surface area contributed by atoms with Crippen molar-refractivity contribution >= 4 is 23.4 Å². The van der Waals surface area contributed by atoms with E-state index >= 15 is 0 Å². The van der Waals surface area contributed by atoms with Crippen LogP contribution in [0.4, 0.5) is 0 Å². The molecular weight excluding hydrogens is 325 g/mol. The normalized spacial score (nSPS) is 28.5. The Labute approximate surface area is 144 Å². The summed E-state index contributed by atoms with van der Waals surface area (Å²) in [6.07, 6.45) is 2.29. The molecule has 24 heavy (non-hydrogen) atoms. The third kappa shape index (κ3) is 3.05. The van der Waals surface area contributed by atoms with E-state index in [1.165, 1.54) is 6.21 Å². The van der Waals surface area contributed by atoms with Crippen LogP contribution in [0, 0.1) is 0 Å². The molecule has 0 radical (unpaired) electrons. The number of nitrogens with zero attached hydrogens (tertiary/aromatic N) is 1. The van der Waals surface area contributed by atoms with Crippen LogP contribution < -0.4 is 0 Å². The summed E-state index contributed by atoms with van der Waals surface area (Å²) >= 11 is 0. The molecule has 1 aliphatic carbocycles. The third-order valence-electron chi connectivity index (χ3n) is 5.31. The molecule has 2 aliphatic rings. The van der Waals surface area contributed by atoms with Crippen LogP contribution in [-0.2, 0) is 19.3 Å². The van der Waals surface area contributed by atoms with Crippen molar-refractivity contribution < 1.29 is 17.7 Å². The van der Waals surface area contributed by atoms with E-state index in [9.17, 15) is 8.42 Å². The maximum absolute atomic E-state index is 11.9. The van der Waals surface area contributed by atoms with Crippen LogP contribution in [0.2, 0.25) is 5.82 Å². The molecule has 2 atom stereocenters. The Morgan fingerprint density at radius 3 is 2.17 bits per heavy atom. The van der Waals surface area contributed by atoms with Crippen molar-refractivity contribution in [3.05, 3.63) is 29.8 Å². The number of sulfonamides is 1. The number of benzene rings is 1. The Balaban J connectivity index is 1.71. The Hall–Kier alpha value is -1.18. The predicted octanol–water partition coefficient (Wildman–Crippen LogP) is 3.42. The summed E-state index contributed by atoms with van der Waals surface area (Å²) in [5.74, 6) is 0.674. The minimum atomic E-state index is -3.57. The summed E-state index contributed by atoms with van der Waals surface area (Å²) in [5, 5.41) is 0. The highest BCUT2D eigenvalue weighted by atomic mass is 32.2. The van der Waals surface area contributed by atoms with Gasteiger partial charge in [0.15, 0.2) is 0 Å². The van der Waals surface area contributed by atoms with Gasteiger partial charge in [-0.25, -0.2) is 0 Å². The Morgan fingerprint density at radius 2 is 1.67 bits per heavy atom. The molecule has 1 aliphatic heterocycles. The molecule has 0 bridgehead atoms. The van der Waals surface area contributed by atoms with Gasteiger partial charge in [-0.05, 0) is 64.7 Å². The van der Waals surface area contributed by atoms with Crippen LogP contribution in [0.3, 0.4) is 0 Å². The molecule has 3 rings (SSSR count). The lowest BCUT2D eigenvalue weighted by atomic mass is 9.79. The zero-order valence-corrected chi connectivity index (χ0v) is 15.6. The highest BCUT2D eigenvalue weighted by molar-refractivity contribution is 7.90. The third-order valence-corrected chi connectivity index (χ3v) is 6.67. The quantitative estimate of drug-likeness (QED) is 0.617. The van der Waals surface area contributed by atoms with Crippen LogP contribution in [0.15, 0.2) is 33.6 Å². The van der Waals surface area contributed by atoms with Gasteiger partial charge in [0.2, 0.25) is 0 Å². The monoisotopic (exact) mass is 349 g/mol. The van der Waals surface area contributed by atoms with E-state index in [0.717, 1.165) is 12.0 Å². The van der Waals surface area contributed by atoms with Gasteiger partial charge in [-0.15, -0.1) is 0 Å². The van der Waals surface area contributed by atoms with E-state index in [0.29, 0.717) is 11.7 Å². The number of hydrogen-bond acceptors (Lipinski definition) is 4. The minimum absolute atomic E-state index is 0.201. The second-order valence-electron chi connectivity index (χ2n) is 7.54. The molecule has 1 heterocycles. The Morgan fingerprint density at radius 1 is 1.12 bits per heavy atom. The molecule has 1 aromatic rings. The highest BCUT2D eigenvalue weighted by Gasteiger charge is 2.59. The van der Waals surface area contributed by atoms with Crippen molar-refractivity contribution in [1.29, 1.82) is 0 Å². The fraction of sp³-hybridized carbons (Fsp3) is 0.588. The predicted molar refractivity (Wildman–Crippen MR) is 95.0 cm³/mol. The van der Waals surface area contributed by atoms with Crippen molar-refractivity contribution in [2.24, 2.45) is 4.40 Å². The lowest BCUT2D eigenvalue weighted by Gasteiger charge is -2.32. The van der Waals surface area contributed by atoms with E-state index in [2.05, 4.69) is 32.1 Å². The van der Waals surface area contributed by atoms with E-state index in [1.807, 2.05) is 12.1 Å². The summed E-state index contributed by atoms with van der Waals surface area (Å²) in [6.45, 7) is 9.80. The lowest BCUT2D eigenvalue weighted by Crippen LogP contribution is -2.41. The van der Waals surface area contributed by atoms with Gasteiger partial charge in [0, 0.05) is 12.0 Å². The summed E-state index contributed by atoms with van der Waals surface area (Å²) in [6, 6.07) is 6.98. The molecule has 0 amide bonds. The van der Waals surface area contributed by atoms with E-state index in [4.69, 9.17) is 9.31 Å². The Bertz CT molecular complexity index is 739. The Kier molecular flexibility index (Phi) is 4.17. The van der Waals surface area contributed by atoms with Gasteiger partial charge in [-0.3, -0.25) is 0 Å². The first kappa shape index (κ1) is 17.6. The van der Waals surface area contributed by atoms with Crippen molar-refractivity contribution in [2.75, 3.05) is 0 Å². The molecule has 5 nitrogen and oxygen atoms in total. The first-order valence-corrected chi connectivity index (χ1v) is 9.72. The maximum Gasteiger partial charge on any atom is 0.461 e. The van der Waals surface area contributed by atoms with E-state index in [-0.39, 0.29) is 23.2 Å². The van der Waals surface area contributed by atoms with Gasteiger partial charge >= 0.3 is 7.12 Å². The number of hydrogen-bond donors (Lipinski definition) is 0. The average Bonchev–Trinajstić information content (AvgIpc) is 3.22. The molecule has 1 saturated carbocycles. The molecule has 0 aromatic heterocycles. The molecule has 2 unspecified atom stereocenters. The molecular formula is C17H24BNO4S. The zero-order valence-electron chi connectivity index (χ0n) is 14.8. The van der Waals surface area contributed by atoms with Gasteiger partial charge in [0.25, 0.3) is 10.0 Å². The second kappa shape index (κ2) is 5.68. The van der Waals surface area contributed by atoms with Gasteiger partial charge < -0.3 is 9.31 Å². The van der Waals surface area contributed by atoms with Crippen LogP contribution in [0.5, 0.6) is 0 Å². The maximum atomic E-state index is 11.9. The average molecular weight is 349 g/mol. The molecule has 7 heteroatoms. The van der Waals surface area contributed by atoms with Crippen LogP contribution in [0.1, 0.15) is 52.5 Å². The fourth-order valence-electron chi connectivity index (χ4n) is 3.05. The van der Waals surface area contributed by atoms with E-state index in [1.54, 1.807) is 19.1 Å². The molecule has 0 spiro atoms. The first-order chi connectivity index (χ1) is 11.1. The highest BCUT2D eigenvalue weighted by Crippen LogP contribution is 2.58. The van der Waals surface area contributed by atoms with Crippen molar-refractivity contribution in [3.63, 3.8) is 0 Å². The first-order valence-electron chi connectivity index (χ1n) is 8.28. The molecule has 0 N–H and O–H groups in total. The van der Waals surface area contributed by atoms with Crippen LogP contribution in [0.25, 0.3) is 0 Å². The van der Waals surface area contributed by atoms with Gasteiger partial charge in [0.05, 0.1) is 16.1 Å². The summed E-state index contributed by atoms with van der Waals surface area (Å²) < 4.78 is 39.6. The summed E-state index contributed by atoms with van der Waals surface area (Å²) in [7, 11) is -3.77. The van der Waals surface area contributed by atoms with E-state index < -0.39 is 10.0 Å². The van der Waals surface area contributed by atoms with Crippen molar-refractivity contribution in [2.45, 2.75) is 68.9 Å². The fourth-order valence-corrected chi connectivity index (χ4v) is 3.93. The lowest BCUT2D eigenvalue weighted by molar-refractivity contribution is 0.00578. The topological polar surface area (TPSA) is 65.0 Å². The van der Waals surface area contributed by atoms with Gasteiger partial charge in [-0.2, -0.15) is 12.8 Å². The minimum Gasteiger partial charge on any atom is -0.403 e. The summed E-state index contributed by atoms with van der Waals surface area (Å²) in [5.41, 5.74) is 0.482. The van der Waals surface area contributed by atoms with Crippen LogP contribution in [-0.4, -0.2) is 33.0 Å². The molecule has 1 aromatic carbocycles. The molecule has 1 saturated heterocycles. The standard InChI is InChI=1S/C17H24BNO4S/c1-6-19-24(20,21)13-9-7-12(8-10-13)14-11-15(14)18-22-16(2,3)17(4,5)23-18/h6-10,14-15H,11H2,1-5H3. The van der Waals surface area contributed by atoms with Crippen molar-refractivity contribution in [3.8, 4) is 0 Å². The molecule has 2 fully saturated rings. The number of rotatable bonds is 4. The van der Waals surface area contributed by atoms with Gasteiger partial charge in [-0.1, -0.05) is 12.1 Å². The van der Waals surface area contributed by atoms with Crippen molar-refractivity contribution in [1.82, 2.24) is 0 Å². The smallest absolute Gasteiger partial charge is 0.403 e. The largest absolute Gasteiger partial charge is 0.461 e. The SMILES string of the molecule is CC=NS(=O)(=O)c1ccc(C2CC2B2OC(C)(C)C(C)(C)O2)cc1. The van der Waals surface area contributed by atoms with Crippen LogP contribution >= 0.6 is 0 Å². The second-order valence-corrected chi connectivity index (χ2v) is 9.17. The zero-order chi connectivity index (χ0) is 17.8. The van der Waals surface area contributed by atoms with Gasteiger partial charge in [0.1, 0.15) is 0 Å². The molecule has 130 valence electrons.